The van der Waals surface area contributed by atoms with Gasteiger partial charge < -0.3 is 15.5 Å². The standard InChI is InChI=1S/C14H21NO2/c1-9(2)15-8-10-4-3-5-12-11(10)6-7-13(16)14(12)17/h6-7,9-10,15-17H,3-5,8H2,1-2H3/t10-/m0/s1. The van der Waals surface area contributed by atoms with Crippen molar-refractivity contribution in [2.24, 2.45) is 0 Å². The van der Waals surface area contributed by atoms with Gasteiger partial charge in [-0.3, -0.25) is 0 Å². The first kappa shape index (κ1) is 12.2. The summed E-state index contributed by atoms with van der Waals surface area (Å²) >= 11 is 0. The van der Waals surface area contributed by atoms with Gasteiger partial charge in [0.1, 0.15) is 0 Å². The minimum atomic E-state index is 0.00113. The molecule has 1 aromatic rings. The minimum absolute atomic E-state index is 0.00113. The fourth-order valence-electron chi connectivity index (χ4n) is 2.56. The summed E-state index contributed by atoms with van der Waals surface area (Å²) < 4.78 is 0. The van der Waals surface area contributed by atoms with Crippen LogP contribution in [0.1, 0.15) is 43.7 Å². The number of rotatable bonds is 3. The lowest BCUT2D eigenvalue weighted by Gasteiger charge is -2.27. The van der Waals surface area contributed by atoms with Gasteiger partial charge in [0.25, 0.3) is 0 Å². The molecule has 0 radical (unpaired) electrons. The maximum atomic E-state index is 9.87. The molecule has 0 saturated heterocycles. The molecule has 0 aliphatic heterocycles. The van der Waals surface area contributed by atoms with Crippen molar-refractivity contribution < 1.29 is 10.2 Å². The zero-order valence-corrected chi connectivity index (χ0v) is 10.5. The predicted molar refractivity (Wildman–Crippen MR) is 68.6 cm³/mol. The van der Waals surface area contributed by atoms with Gasteiger partial charge in [-0.05, 0) is 36.8 Å². The highest BCUT2D eigenvalue weighted by atomic mass is 16.3. The van der Waals surface area contributed by atoms with Gasteiger partial charge in [0.05, 0.1) is 0 Å². The van der Waals surface area contributed by atoms with Crippen LogP contribution in [0.2, 0.25) is 0 Å². The molecular weight excluding hydrogens is 214 g/mol. The van der Waals surface area contributed by atoms with Gasteiger partial charge in [-0.25, -0.2) is 0 Å². The minimum Gasteiger partial charge on any atom is -0.504 e. The van der Waals surface area contributed by atoms with Gasteiger partial charge in [-0.15, -0.1) is 0 Å². The lowest BCUT2D eigenvalue weighted by atomic mass is 9.82. The summed E-state index contributed by atoms with van der Waals surface area (Å²) in [5.41, 5.74) is 2.13. The lowest BCUT2D eigenvalue weighted by molar-refractivity contribution is 0.391. The fourth-order valence-corrected chi connectivity index (χ4v) is 2.56. The molecule has 0 bridgehead atoms. The number of benzene rings is 1. The Balaban J connectivity index is 2.23. The molecule has 0 aromatic heterocycles. The van der Waals surface area contributed by atoms with E-state index in [2.05, 4.69) is 19.2 Å². The first-order valence-corrected chi connectivity index (χ1v) is 6.36. The number of hydrogen-bond donors (Lipinski definition) is 3. The monoisotopic (exact) mass is 235 g/mol. The summed E-state index contributed by atoms with van der Waals surface area (Å²) in [4.78, 5) is 0. The Bertz CT molecular complexity index is 401. The second-order valence-electron chi connectivity index (χ2n) is 5.15. The van der Waals surface area contributed by atoms with Gasteiger partial charge in [-0.1, -0.05) is 19.9 Å². The molecule has 0 heterocycles. The third-order valence-corrected chi connectivity index (χ3v) is 3.49. The number of phenolic OH excluding ortho intramolecular Hbond substituents is 2. The fraction of sp³-hybridized carbons (Fsp3) is 0.571. The quantitative estimate of drug-likeness (QED) is 0.706. The third kappa shape index (κ3) is 2.55. The maximum Gasteiger partial charge on any atom is 0.160 e. The Hall–Kier alpha value is -1.22. The molecule has 3 heteroatoms. The van der Waals surface area contributed by atoms with Crippen molar-refractivity contribution in [3.8, 4) is 11.5 Å². The van der Waals surface area contributed by atoms with Crippen molar-refractivity contribution in [2.75, 3.05) is 6.54 Å². The molecule has 17 heavy (non-hydrogen) atoms. The van der Waals surface area contributed by atoms with Crippen LogP contribution in [0.15, 0.2) is 12.1 Å². The summed E-state index contributed by atoms with van der Waals surface area (Å²) in [6.45, 7) is 5.21. The van der Waals surface area contributed by atoms with Crippen molar-refractivity contribution in [2.45, 2.75) is 45.1 Å². The van der Waals surface area contributed by atoms with E-state index in [9.17, 15) is 10.2 Å². The zero-order valence-electron chi connectivity index (χ0n) is 10.5. The highest BCUT2D eigenvalue weighted by Crippen LogP contribution is 2.40. The molecule has 94 valence electrons. The Kier molecular flexibility index (Phi) is 3.57. The van der Waals surface area contributed by atoms with Gasteiger partial charge in [0, 0.05) is 18.2 Å². The molecule has 1 aromatic carbocycles. The molecule has 0 amide bonds. The molecule has 0 unspecified atom stereocenters. The van der Waals surface area contributed by atoms with Gasteiger partial charge in [0.15, 0.2) is 11.5 Å². The van der Waals surface area contributed by atoms with Crippen LogP contribution in [-0.4, -0.2) is 22.8 Å². The first-order valence-electron chi connectivity index (χ1n) is 6.36. The van der Waals surface area contributed by atoms with E-state index in [1.165, 1.54) is 5.56 Å². The lowest BCUT2D eigenvalue weighted by Crippen LogP contribution is -2.29. The summed E-state index contributed by atoms with van der Waals surface area (Å²) in [6, 6.07) is 4.03. The third-order valence-electron chi connectivity index (χ3n) is 3.49. The van der Waals surface area contributed by atoms with Crippen molar-refractivity contribution in [1.82, 2.24) is 5.32 Å². The maximum absolute atomic E-state index is 9.87. The highest BCUT2D eigenvalue weighted by molar-refractivity contribution is 5.51. The van der Waals surface area contributed by atoms with E-state index in [1.807, 2.05) is 6.07 Å². The van der Waals surface area contributed by atoms with Crippen LogP contribution < -0.4 is 5.32 Å². The Morgan fingerprint density at radius 1 is 1.35 bits per heavy atom. The second-order valence-corrected chi connectivity index (χ2v) is 5.15. The first-order chi connectivity index (χ1) is 8.09. The van der Waals surface area contributed by atoms with E-state index in [1.54, 1.807) is 6.07 Å². The van der Waals surface area contributed by atoms with Crippen LogP contribution in [-0.2, 0) is 6.42 Å². The highest BCUT2D eigenvalue weighted by Gasteiger charge is 2.23. The van der Waals surface area contributed by atoms with Crippen LogP contribution in [0.4, 0.5) is 0 Å². The molecular formula is C14H21NO2. The number of aromatic hydroxyl groups is 2. The zero-order chi connectivity index (χ0) is 12.4. The second kappa shape index (κ2) is 4.96. The molecule has 0 spiro atoms. The van der Waals surface area contributed by atoms with Crippen LogP contribution in [0, 0.1) is 0 Å². The summed E-state index contributed by atoms with van der Waals surface area (Å²) in [5.74, 6) is 0.533. The van der Waals surface area contributed by atoms with E-state index in [4.69, 9.17) is 0 Å². The Morgan fingerprint density at radius 2 is 2.12 bits per heavy atom. The van der Waals surface area contributed by atoms with E-state index < -0.39 is 0 Å². The van der Waals surface area contributed by atoms with Crippen LogP contribution in [0.25, 0.3) is 0 Å². The van der Waals surface area contributed by atoms with E-state index in [0.717, 1.165) is 31.4 Å². The average Bonchev–Trinajstić information content (AvgIpc) is 2.31. The van der Waals surface area contributed by atoms with E-state index in [-0.39, 0.29) is 11.5 Å². The van der Waals surface area contributed by atoms with Crippen LogP contribution in [0.5, 0.6) is 11.5 Å². The van der Waals surface area contributed by atoms with Crippen molar-refractivity contribution >= 4 is 0 Å². The van der Waals surface area contributed by atoms with Crippen LogP contribution in [0.3, 0.4) is 0 Å². The molecule has 1 aliphatic carbocycles. The van der Waals surface area contributed by atoms with E-state index >= 15 is 0 Å². The van der Waals surface area contributed by atoms with Crippen molar-refractivity contribution in [3.05, 3.63) is 23.3 Å². The summed E-state index contributed by atoms with van der Waals surface area (Å²) in [7, 11) is 0. The molecule has 0 fully saturated rings. The molecule has 1 aliphatic rings. The number of phenols is 2. The Morgan fingerprint density at radius 3 is 2.82 bits per heavy atom. The smallest absolute Gasteiger partial charge is 0.160 e. The van der Waals surface area contributed by atoms with Gasteiger partial charge in [-0.2, -0.15) is 0 Å². The average molecular weight is 235 g/mol. The number of hydrogen-bond acceptors (Lipinski definition) is 3. The number of nitrogens with one attached hydrogen (secondary N) is 1. The molecule has 0 saturated carbocycles. The predicted octanol–water partition coefficient (Wildman–Crippen LogP) is 2.52. The van der Waals surface area contributed by atoms with Gasteiger partial charge >= 0.3 is 0 Å². The SMILES string of the molecule is CC(C)NC[C@@H]1CCCc2c1ccc(O)c2O. The van der Waals surface area contributed by atoms with Crippen LogP contribution >= 0.6 is 0 Å². The summed E-state index contributed by atoms with van der Waals surface area (Å²) in [5, 5.41) is 22.8. The summed E-state index contributed by atoms with van der Waals surface area (Å²) in [6.07, 6.45) is 3.10. The molecule has 2 rings (SSSR count). The van der Waals surface area contributed by atoms with Gasteiger partial charge in [0.2, 0.25) is 0 Å². The molecule has 1 atom stereocenters. The van der Waals surface area contributed by atoms with E-state index in [0.29, 0.717) is 12.0 Å². The largest absolute Gasteiger partial charge is 0.504 e. The van der Waals surface area contributed by atoms with Crippen molar-refractivity contribution in [3.63, 3.8) is 0 Å². The molecule has 3 nitrogen and oxygen atoms in total. The normalized spacial score (nSPS) is 19.4. The topological polar surface area (TPSA) is 52.5 Å². The Labute approximate surface area is 102 Å². The van der Waals surface area contributed by atoms with Crippen molar-refractivity contribution in [1.29, 1.82) is 0 Å². The number of fused-ring (bicyclic) bond motifs is 1. The molecule has 3 N–H and O–H groups in total.